The van der Waals surface area contributed by atoms with Crippen molar-refractivity contribution in [3.8, 4) is 0 Å². The van der Waals surface area contributed by atoms with E-state index < -0.39 is 0 Å². The molecule has 2 fully saturated rings. The van der Waals surface area contributed by atoms with Gasteiger partial charge in [0.15, 0.2) is 0 Å². The van der Waals surface area contributed by atoms with E-state index in [2.05, 4.69) is 0 Å². The summed E-state index contributed by atoms with van der Waals surface area (Å²) in [5.74, 6) is -0.0690. The van der Waals surface area contributed by atoms with Crippen LogP contribution < -0.4 is 0 Å². The number of carbonyl (C=O) groups is 2. The predicted molar refractivity (Wildman–Crippen MR) is 53.3 cm³/mol. The van der Waals surface area contributed by atoms with Crippen molar-refractivity contribution in [1.29, 1.82) is 0 Å². The van der Waals surface area contributed by atoms with Crippen LogP contribution in [0.4, 0.5) is 4.79 Å². The molecule has 0 aromatic carbocycles. The van der Waals surface area contributed by atoms with Gasteiger partial charge in [-0.1, -0.05) is 6.92 Å². The number of hydrogen-bond acceptors (Lipinski definition) is 3. The third kappa shape index (κ3) is 1.51. The molecule has 0 aliphatic carbocycles. The van der Waals surface area contributed by atoms with E-state index in [1.165, 1.54) is 9.80 Å². The zero-order valence-electron chi connectivity index (χ0n) is 9.10. The number of ether oxygens (including phenoxy) is 1. The maximum absolute atomic E-state index is 12.0. The zero-order chi connectivity index (χ0) is 11.0. The molecular formula is C10H16N2O3. The minimum atomic E-state index is -0.280. The van der Waals surface area contributed by atoms with Crippen LogP contribution in [0.1, 0.15) is 19.8 Å². The van der Waals surface area contributed by atoms with Gasteiger partial charge in [0.2, 0.25) is 0 Å². The first kappa shape index (κ1) is 10.4. The van der Waals surface area contributed by atoms with Gasteiger partial charge in [-0.05, 0) is 12.8 Å². The summed E-state index contributed by atoms with van der Waals surface area (Å²) in [6.45, 7) is 3.05. The Kier molecular flexibility index (Phi) is 2.65. The first-order chi connectivity index (χ1) is 7.16. The van der Waals surface area contributed by atoms with Crippen molar-refractivity contribution in [2.75, 3.05) is 20.3 Å². The van der Waals surface area contributed by atoms with Gasteiger partial charge in [-0.2, -0.15) is 0 Å². The third-order valence-corrected chi connectivity index (χ3v) is 3.16. The molecule has 2 aliphatic rings. The second-order valence-corrected chi connectivity index (χ2v) is 4.04. The molecule has 0 aromatic heterocycles. The lowest BCUT2D eigenvalue weighted by atomic mass is 10.2. The molecular weight excluding hydrogens is 196 g/mol. The standard InChI is InChI=1S/C10H16N2O3/c1-3-8-9(13)12(10(14)11(8)2)7-4-5-15-6-7/h7-8H,3-6H2,1-2H3. The maximum Gasteiger partial charge on any atom is 0.327 e. The second kappa shape index (κ2) is 3.81. The van der Waals surface area contributed by atoms with Crippen molar-refractivity contribution in [2.24, 2.45) is 0 Å². The Hall–Kier alpha value is -1.10. The van der Waals surface area contributed by atoms with Crippen molar-refractivity contribution in [2.45, 2.75) is 31.8 Å². The predicted octanol–water partition coefficient (Wildman–Crippen LogP) is 0.448. The van der Waals surface area contributed by atoms with E-state index in [4.69, 9.17) is 4.74 Å². The van der Waals surface area contributed by atoms with Crippen LogP contribution in [0.3, 0.4) is 0 Å². The fraction of sp³-hybridized carbons (Fsp3) is 0.800. The Balaban J connectivity index is 2.18. The van der Waals surface area contributed by atoms with Crippen molar-refractivity contribution >= 4 is 11.9 Å². The first-order valence-electron chi connectivity index (χ1n) is 5.34. The topological polar surface area (TPSA) is 49.9 Å². The Labute approximate surface area is 89.0 Å². The molecule has 5 heteroatoms. The van der Waals surface area contributed by atoms with Crippen molar-refractivity contribution in [3.63, 3.8) is 0 Å². The minimum absolute atomic E-state index is 0.0519. The van der Waals surface area contributed by atoms with Crippen LogP contribution in [0.2, 0.25) is 0 Å². The Morgan fingerprint density at radius 3 is 2.67 bits per heavy atom. The highest BCUT2D eigenvalue weighted by molar-refractivity contribution is 6.04. The number of likely N-dealkylation sites (N-methyl/N-ethyl adjacent to an activating group) is 1. The van der Waals surface area contributed by atoms with Gasteiger partial charge in [0, 0.05) is 13.7 Å². The summed E-state index contributed by atoms with van der Waals surface area (Å²) in [6.07, 6.45) is 1.44. The van der Waals surface area contributed by atoms with Gasteiger partial charge < -0.3 is 9.64 Å². The molecule has 3 amide bonds. The highest BCUT2D eigenvalue weighted by Crippen LogP contribution is 2.24. The maximum atomic E-state index is 12.0. The highest BCUT2D eigenvalue weighted by Gasteiger charge is 2.45. The fourth-order valence-corrected chi connectivity index (χ4v) is 2.23. The molecule has 0 saturated carbocycles. The molecule has 84 valence electrons. The number of carbonyl (C=O) groups excluding carboxylic acids is 2. The summed E-state index contributed by atoms with van der Waals surface area (Å²) in [4.78, 5) is 26.7. The van der Waals surface area contributed by atoms with Gasteiger partial charge in [0.05, 0.1) is 12.6 Å². The lowest BCUT2D eigenvalue weighted by molar-refractivity contribution is -0.129. The van der Waals surface area contributed by atoms with E-state index in [0.717, 1.165) is 6.42 Å². The van der Waals surface area contributed by atoms with E-state index in [0.29, 0.717) is 19.6 Å². The van der Waals surface area contributed by atoms with E-state index in [9.17, 15) is 9.59 Å². The molecule has 0 spiro atoms. The third-order valence-electron chi connectivity index (χ3n) is 3.16. The average molecular weight is 212 g/mol. The van der Waals surface area contributed by atoms with Crippen LogP contribution in [0.25, 0.3) is 0 Å². The summed E-state index contributed by atoms with van der Waals surface area (Å²) in [5, 5.41) is 0. The minimum Gasteiger partial charge on any atom is -0.379 e. The summed E-state index contributed by atoms with van der Waals surface area (Å²) in [7, 11) is 1.68. The van der Waals surface area contributed by atoms with Gasteiger partial charge in [-0.25, -0.2) is 4.79 Å². The van der Waals surface area contributed by atoms with Crippen LogP contribution in [0, 0.1) is 0 Å². The summed E-state index contributed by atoms with van der Waals surface area (Å²) in [6, 6.07) is -0.510. The quantitative estimate of drug-likeness (QED) is 0.624. The van der Waals surface area contributed by atoms with E-state index in [-0.39, 0.29) is 24.0 Å². The molecule has 2 unspecified atom stereocenters. The number of rotatable bonds is 2. The monoisotopic (exact) mass is 212 g/mol. The molecule has 0 radical (unpaired) electrons. The smallest absolute Gasteiger partial charge is 0.327 e. The lowest BCUT2D eigenvalue weighted by Crippen LogP contribution is -2.41. The molecule has 2 aliphatic heterocycles. The molecule has 15 heavy (non-hydrogen) atoms. The number of amides is 3. The van der Waals surface area contributed by atoms with Gasteiger partial charge in [0.1, 0.15) is 6.04 Å². The van der Waals surface area contributed by atoms with Crippen LogP contribution in [0.15, 0.2) is 0 Å². The fourth-order valence-electron chi connectivity index (χ4n) is 2.23. The van der Waals surface area contributed by atoms with Crippen molar-refractivity contribution in [3.05, 3.63) is 0 Å². The molecule has 2 heterocycles. The average Bonchev–Trinajstić information content (AvgIpc) is 2.77. The SMILES string of the molecule is CCC1C(=O)N(C2CCOC2)C(=O)N1C. The Morgan fingerprint density at radius 1 is 1.47 bits per heavy atom. The molecule has 2 atom stereocenters. The zero-order valence-corrected chi connectivity index (χ0v) is 9.10. The van der Waals surface area contributed by atoms with Gasteiger partial charge >= 0.3 is 6.03 Å². The van der Waals surface area contributed by atoms with Gasteiger partial charge in [-0.3, -0.25) is 9.69 Å². The Bertz CT molecular complexity index is 286. The summed E-state index contributed by atoms with van der Waals surface area (Å²) >= 11 is 0. The first-order valence-corrected chi connectivity index (χ1v) is 5.34. The largest absolute Gasteiger partial charge is 0.379 e. The van der Waals surface area contributed by atoms with Gasteiger partial charge in [0.25, 0.3) is 5.91 Å². The normalized spacial score (nSPS) is 31.9. The molecule has 0 bridgehead atoms. The van der Waals surface area contributed by atoms with Crippen LogP contribution in [0.5, 0.6) is 0 Å². The number of nitrogens with zero attached hydrogens (tertiary/aromatic N) is 2. The van der Waals surface area contributed by atoms with E-state index >= 15 is 0 Å². The number of imide groups is 1. The summed E-state index contributed by atoms with van der Waals surface area (Å²) in [5.41, 5.74) is 0. The van der Waals surface area contributed by atoms with Crippen LogP contribution >= 0.6 is 0 Å². The molecule has 5 nitrogen and oxygen atoms in total. The molecule has 2 rings (SSSR count). The summed E-state index contributed by atoms with van der Waals surface area (Å²) < 4.78 is 5.21. The van der Waals surface area contributed by atoms with E-state index in [1.54, 1.807) is 7.05 Å². The van der Waals surface area contributed by atoms with E-state index in [1.807, 2.05) is 6.92 Å². The molecule has 2 saturated heterocycles. The Morgan fingerprint density at radius 2 is 2.20 bits per heavy atom. The molecule has 0 N–H and O–H groups in total. The number of urea groups is 1. The second-order valence-electron chi connectivity index (χ2n) is 4.04. The highest BCUT2D eigenvalue weighted by atomic mass is 16.5. The van der Waals surface area contributed by atoms with Crippen LogP contribution in [-0.2, 0) is 9.53 Å². The molecule has 0 aromatic rings. The lowest BCUT2D eigenvalue weighted by Gasteiger charge is -2.19. The van der Waals surface area contributed by atoms with Crippen molar-refractivity contribution < 1.29 is 14.3 Å². The number of hydrogen-bond donors (Lipinski definition) is 0. The van der Waals surface area contributed by atoms with Crippen LogP contribution in [-0.4, -0.2) is 54.1 Å². The van der Waals surface area contributed by atoms with Gasteiger partial charge in [-0.15, -0.1) is 0 Å². The van der Waals surface area contributed by atoms with Crippen molar-refractivity contribution in [1.82, 2.24) is 9.80 Å².